The molecule has 1 aromatic rings. The number of hydrogen-bond donors (Lipinski definition) is 3. The van der Waals surface area contributed by atoms with Crippen LogP contribution in [0.3, 0.4) is 0 Å². The fraction of sp³-hybridized carbons (Fsp3) is 0.273. The van der Waals surface area contributed by atoms with Crippen molar-refractivity contribution >= 4 is 17.4 Å². The van der Waals surface area contributed by atoms with Gasteiger partial charge in [-0.05, 0) is 19.1 Å². The zero-order chi connectivity index (χ0) is 12.8. The Labute approximate surface area is 99.1 Å². The molecule has 0 spiro atoms. The highest BCUT2D eigenvalue weighted by Gasteiger charge is 2.14. The van der Waals surface area contributed by atoms with Gasteiger partial charge in [0.2, 0.25) is 0 Å². The molecule has 92 valence electrons. The summed E-state index contributed by atoms with van der Waals surface area (Å²) < 4.78 is 4.89. The van der Waals surface area contributed by atoms with E-state index in [-0.39, 0.29) is 11.7 Å². The van der Waals surface area contributed by atoms with Gasteiger partial charge in [-0.2, -0.15) is 0 Å². The average molecular weight is 237 g/mol. The first-order valence-corrected chi connectivity index (χ1v) is 5.00. The molecule has 0 heterocycles. The Bertz CT molecular complexity index is 432. The minimum Gasteiger partial charge on any atom is -0.409 e. The van der Waals surface area contributed by atoms with E-state index < -0.39 is 6.10 Å². The lowest BCUT2D eigenvalue weighted by molar-refractivity contribution is -0.124. The van der Waals surface area contributed by atoms with Gasteiger partial charge in [0.15, 0.2) is 5.84 Å². The van der Waals surface area contributed by atoms with Crippen LogP contribution in [0.5, 0.6) is 0 Å². The second-order valence-corrected chi connectivity index (χ2v) is 3.40. The molecular formula is C11H15N3O3. The lowest BCUT2D eigenvalue weighted by Crippen LogP contribution is -2.28. The van der Waals surface area contributed by atoms with Crippen LogP contribution in [0.4, 0.5) is 5.69 Å². The molecule has 0 aromatic heterocycles. The molecule has 1 unspecified atom stereocenters. The van der Waals surface area contributed by atoms with Crippen molar-refractivity contribution < 1.29 is 14.7 Å². The minimum atomic E-state index is -0.574. The van der Waals surface area contributed by atoms with Crippen LogP contribution in [0, 0.1) is 0 Å². The molecule has 0 aliphatic heterocycles. The Morgan fingerprint density at radius 3 is 2.76 bits per heavy atom. The van der Waals surface area contributed by atoms with Gasteiger partial charge in [0, 0.05) is 12.7 Å². The van der Waals surface area contributed by atoms with Gasteiger partial charge in [0.25, 0.3) is 5.91 Å². The predicted molar refractivity (Wildman–Crippen MR) is 64.1 cm³/mol. The lowest BCUT2D eigenvalue weighted by atomic mass is 10.1. The van der Waals surface area contributed by atoms with Crippen molar-refractivity contribution in [3.8, 4) is 0 Å². The third kappa shape index (κ3) is 3.18. The molecule has 1 rings (SSSR count). The third-order valence-corrected chi connectivity index (χ3v) is 2.29. The Hall–Kier alpha value is -2.08. The zero-order valence-corrected chi connectivity index (χ0v) is 9.68. The fourth-order valence-corrected chi connectivity index (χ4v) is 1.21. The first-order chi connectivity index (χ1) is 8.10. The molecule has 0 aliphatic rings. The van der Waals surface area contributed by atoms with E-state index in [1.165, 1.54) is 7.11 Å². The molecule has 0 fully saturated rings. The van der Waals surface area contributed by atoms with E-state index in [1.54, 1.807) is 31.2 Å². The van der Waals surface area contributed by atoms with Crippen molar-refractivity contribution in [3.63, 3.8) is 0 Å². The molecule has 0 bridgehead atoms. The highest BCUT2D eigenvalue weighted by Crippen LogP contribution is 2.15. The van der Waals surface area contributed by atoms with E-state index in [2.05, 4.69) is 10.5 Å². The summed E-state index contributed by atoms with van der Waals surface area (Å²) >= 11 is 0. The van der Waals surface area contributed by atoms with Gasteiger partial charge in [-0.15, -0.1) is 0 Å². The maximum Gasteiger partial charge on any atom is 0.253 e. The SMILES string of the molecule is COC(C)C(=O)Nc1ccccc1/C(N)=N/O. The van der Waals surface area contributed by atoms with E-state index in [0.29, 0.717) is 11.3 Å². The molecule has 1 amide bonds. The summed E-state index contributed by atoms with van der Waals surface area (Å²) in [5.74, 6) is -0.364. The highest BCUT2D eigenvalue weighted by molar-refractivity contribution is 6.06. The molecule has 6 heteroatoms. The number of benzene rings is 1. The van der Waals surface area contributed by atoms with Crippen LogP contribution in [0.1, 0.15) is 12.5 Å². The van der Waals surface area contributed by atoms with Gasteiger partial charge in [0.1, 0.15) is 6.10 Å². The van der Waals surface area contributed by atoms with Crippen LogP contribution in [-0.2, 0) is 9.53 Å². The molecule has 1 aromatic carbocycles. The van der Waals surface area contributed by atoms with Gasteiger partial charge >= 0.3 is 0 Å². The normalized spacial score (nSPS) is 13.2. The highest BCUT2D eigenvalue weighted by atomic mass is 16.5. The molecular weight excluding hydrogens is 222 g/mol. The van der Waals surface area contributed by atoms with E-state index in [0.717, 1.165) is 0 Å². The van der Waals surface area contributed by atoms with E-state index in [4.69, 9.17) is 15.7 Å². The summed E-state index contributed by atoms with van der Waals surface area (Å²) in [6.07, 6.45) is -0.574. The van der Waals surface area contributed by atoms with Gasteiger partial charge in [-0.3, -0.25) is 4.79 Å². The summed E-state index contributed by atoms with van der Waals surface area (Å²) in [5, 5.41) is 14.2. The molecule has 0 aliphatic carbocycles. The summed E-state index contributed by atoms with van der Waals surface area (Å²) in [5.41, 5.74) is 6.42. The van der Waals surface area contributed by atoms with Crippen molar-refractivity contribution in [2.45, 2.75) is 13.0 Å². The smallest absolute Gasteiger partial charge is 0.253 e. The number of anilines is 1. The second kappa shape index (κ2) is 5.86. The second-order valence-electron chi connectivity index (χ2n) is 3.40. The monoisotopic (exact) mass is 237 g/mol. The van der Waals surface area contributed by atoms with Gasteiger partial charge < -0.3 is 21.0 Å². The Morgan fingerprint density at radius 1 is 1.53 bits per heavy atom. The minimum absolute atomic E-state index is 0.0639. The molecule has 4 N–H and O–H groups in total. The maximum atomic E-state index is 11.6. The number of amidine groups is 1. The summed E-state index contributed by atoms with van der Waals surface area (Å²) in [7, 11) is 1.44. The fourth-order valence-electron chi connectivity index (χ4n) is 1.21. The van der Waals surface area contributed by atoms with Crippen molar-refractivity contribution in [3.05, 3.63) is 29.8 Å². The first kappa shape index (κ1) is 13.0. The zero-order valence-electron chi connectivity index (χ0n) is 9.68. The number of carbonyl (C=O) groups is 1. The molecule has 6 nitrogen and oxygen atoms in total. The topological polar surface area (TPSA) is 96.9 Å². The summed E-state index contributed by atoms with van der Waals surface area (Å²) in [4.78, 5) is 11.6. The van der Waals surface area contributed by atoms with Crippen molar-refractivity contribution in [2.24, 2.45) is 10.9 Å². The number of hydrogen-bond acceptors (Lipinski definition) is 4. The Morgan fingerprint density at radius 2 is 2.18 bits per heavy atom. The number of nitrogens with one attached hydrogen (secondary N) is 1. The Balaban J connectivity index is 2.95. The maximum absolute atomic E-state index is 11.6. The molecule has 0 saturated carbocycles. The lowest BCUT2D eigenvalue weighted by Gasteiger charge is -2.13. The molecule has 17 heavy (non-hydrogen) atoms. The van der Waals surface area contributed by atoms with Crippen LogP contribution in [0.15, 0.2) is 29.4 Å². The van der Waals surface area contributed by atoms with Gasteiger partial charge in [0.05, 0.1) is 5.69 Å². The van der Waals surface area contributed by atoms with Crippen LogP contribution in [-0.4, -0.2) is 30.2 Å². The van der Waals surface area contributed by atoms with Gasteiger partial charge in [-0.25, -0.2) is 0 Å². The first-order valence-electron chi connectivity index (χ1n) is 5.00. The third-order valence-electron chi connectivity index (χ3n) is 2.29. The van der Waals surface area contributed by atoms with Crippen molar-refractivity contribution in [1.29, 1.82) is 0 Å². The number of ether oxygens (including phenoxy) is 1. The largest absolute Gasteiger partial charge is 0.409 e. The predicted octanol–water partition coefficient (Wildman–Crippen LogP) is 0.755. The number of carbonyl (C=O) groups excluding carboxylic acids is 1. The van der Waals surface area contributed by atoms with E-state index >= 15 is 0 Å². The van der Waals surface area contributed by atoms with Crippen molar-refractivity contribution in [2.75, 3.05) is 12.4 Å². The number of rotatable bonds is 4. The summed E-state index contributed by atoms with van der Waals surface area (Å²) in [6, 6.07) is 6.76. The molecule has 1 atom stereocenters. The number of amides is 1. The Kier molecular flexibility index (Phi) is 4.47. The number of nitrogens with two attached hydrogens (primary N) is 1. The van der Waals surface area contributed by atoms with Crippen molar-refractivity contribution in [1.82, 2.24) is 0 Å². The number of methoxy groups -OCH3 is 1. The quantitative estimate of drug-likeness (QED) is 0.311. The number of nitrogens with zero attached hydrogens (tertiary/aromatic N) is 1. The summed E-state index contributed by atoms with van der Waals surface area (Å²) in [6.45, 7) is 1.63. The number of oxime groups is 1. The number of para-hydroxylation sites is 1. The van der Waals surface area contributed by atoms with E-state index in [9.17, 15) is 4.79 Å². The van der Waals surface area contributed by atoms with Crippen LogP contribution >= 0.6 is 0 Å². The van der Waals surface area contributed by atoms with Crippen LogP contribution < -0.4 is 11.1 Å². The standard InChI is InChI=1S/C11H15N3O3/c1-7(17-2)11(15)13-9-6-4-3-5-8(9)10(12)14-16/h3-7,16H,1-2H3,(H2,12,14)(H,13,15). The van der Waals surface area contributed by atoms with Crippen LogP contribution in [0.2, 0.25) is 0 Å². The van der Waals surface area contributed by atoms with E-state index in [1.807, 2.05) is 0 Å². The molecule has 0 radical (unpaired) electrons. The average Bonchev–Trinajstić information content (AvgIpc) is 2.37. The van der Waals surface area contributed by atoms with Crippen LogP contribution in [0.25, 0.3) is 0 Å². The van der Waals surface area contributed by atoms with Gasteiger partial charge in [-0.1, -0.05) is 17.3 Å². The molecule has 0 saturated heterocycles.